The van der Waals surface area contributed by atoms with Gasteiger partial charge in [-0.3, -0.25) is 4.79 Å². The van der Waals surface area contributed by atoms with E-state index in [1.807, 2.05) is 11.4 Å². The van der Waals surface area contributed by atoms with Crippen LogP contribution >= 0.6 is 27.3 Å². The Morgan fingerprint density at radius 2 is 2.17 bits per heavy atom. The van der Waals surface area contributed by atoms with Crippen LogP contribution < -0.4 is 9.47 Å². The van der Waals surface area contributed by atoms with Crippen LogP contribution in [0.3, 0.4) is 0 Å². The summed E-state index contributed by atoms with van der Waals surface area (Å²) < 4.78 is 11.9. The molecule has 0 aliphatic rings. The van der Waals surface area contributed by atoms with Crippen molar-refractivity contribution in [3.8, 4) is 11.5 Å². The first-order valence-corrected chi connectivity index (χ1v) is 6.89. The number of aldehydes is 1. The molecule has 3 nitrogen and oxygen atoms in total. The van der Waals surface area contributed by atoms with Gasteiger partial charge < -0.3 is 9.47 Å². The van der Waals surface area contributed by atoms with Crippen LogP contribution in [0.1, 0.15) is 15.2 Å². The summed E-state index contributed by atoms with van der Waals surface area (Å²) in [5.74, 6) is 1.19. The molecule has 1 aromatic carbocycles. The van der Waals surface area contributed by atoms with Crippen molar-refractivity contribution in [3.05, 3.63) is 44.6 Å². The third-order valence-electron chi connectivity index (χ3n) is 2.37. The van der Waals surface area contributed by atoms with Gasteiger partial charge in [0.25, 0.3) is 0 Å². The van der Waals surface area contributed by atoms with E-state index in [9.17, 15) is 4.79 Å². The van der Waals surface area contributed by atoms with Crippen molar-refractivity contribution < 1.29 is 14.3 Å². The van der Waals surface area contributed by atoms with Gasteiger partial charge in [-0.2, -0.15) is 0 Å². The fourth-order valence-electron chi connectivity index (χ4n) is 1.45. The highest BCUT2D eigenvalue weighted by atomic mass is 79.9. The number of ether oxygens (including phenoxy) is 2. The largest absolute Gasteiger partial charge is 0.493 e. The summed E-state index contributed by atoms with van der Waals surface area (Å²) in [6.45, 7) is 0.441. The monoisotopic (exact) mass is 326 g/mol. The highest BCUT2D eigenvalue weighted by Gasteiger charge is 2.08. The average Bonchev–Trinajstić information content (AvgIpc) is 2.81. The molecule has 0 saturated carbocycles. The Balaban J connectivity index is 2.17. The van der Waals surface area contributed by atoms with E-state index in [2.05, 4.69) is 15.9 Å². The summed E-state index contributed by atoms with van der Waals surface area (Å²) in [7, 11) is 1.57. The van der Waals surface area contributed by atoms with Crippen molar-refractivity contribution in [2.24, 2.45) is 0 Å². The topological polar surface area (TPSA) is 35.5 Å². The summed E-state index contributed by atoms with van der Waals surface area (Å²) in [6.07, 6.45) is 0.785. The van der Waals surface area contributed by atoms with Crippen LogP contribution in [-0.2, 0) is 6.61 Å². The Hall–Kier alpha value is -1.33. The second kappa shape index (κ2) is 6.02. The van der Waals surface area contributed by atoms with Gasteiger partial charge in [0, 0.05) is 10.0 Å². The first kappa shape index (κ1) is 13.1. The number of carbonyl (C=O) groups excluding carboxylic acids is 1. The second-order valence-electron chi connectivity index (χ2n) is 3.51. The van der Waals surface area contributed by atoms with Crippen LogP contribution in [0.4, 0.5) is 0 Å². The predicted octanol–water partition coefficient (Wildman–Crippen LogP) is 3.91. The molecule has 0 bridgehead atoms. The Morgan fingerprint density at radius 3 is 2.78 bits per heavy atom. The van der Waals surface area contributed by atoms with E-state index in [1.54, 1.807) is 36.6 Å². The van der Waals surface area contributed by atoms with Gasteiger partial charge in [-0.25, -0.2) is 0 Å². The van der Waals surface area contributed by atoms with Crippen molar-refractivity contribution in [1.29, 1.82) is 0 Å². The molecule has 94 valence electrons. The van der Waals surface area contributed by atoms with Gasteiger partial charge in [0.1, 0.15) is 12.9 Å². The highest BCUT2D eigenvalue weighted by molar-refractivity contribution is 9.10. The van der Waals surface area contributed by atoms with Crippen molar-refractivity contribution in [3.63, 3.8) is 0 Å². The summed E-state index contributed by atoms with van der Waals surface area (Å²) >= 11 is 5.06. The molecular weight excluding hydrogens is 316 g/mol. The van der Waals surface area contributed by atoms with Gasteiger partial charge >= 0.3 is 0 Å². The van der Waals surface area contributed by atoms with E-state index in [0.717, 1.165) is 15.6 Å². The molecule has 0 spiro atoms. The smallest absolute Gasteiger partial charge is 0.162 e. The average molecular weight is 327 g/mol. The molecule has 2 aromatic rings. The minimum absolute atomic E-state index is 0.441. The van der Waals surface area contributed by atoms with Gasteiger partial charge in [-0.05, 0) is 45.6 Å². The molecule has 0 unspecified atom stereocenters. The minimum atomic E-state index is 0.441. The molecule has 1 aromatic heterocycles. The lowest BCUT2D eigenvalue weighted by Crippen LogP contribution is -1.97. The van der Waals surface area contributed by atoms with Crippen molar-refractivity contribution in [2.75, 3.05) is 7.11 Å². The molecule has 5 heteroatoms. The molecule has 0 atom stereocenters. The van der Waals surface area contributed by atoms with Crippen LogP contribution in [0.5, 0.6) is 11.5 Å². The van der Waals surface area contributed by atoms with E-state index < -0.39 is 0 Å². The molecular formula is C13H11BrO3S. The van der Waals surface area contributed by atoms with Gasteiger partial charge in [-0.1, -0.05) is 0 Å². The van der Waals surface area contributed by atoms with Gasteiger partial charge in [0.2, 0.25) is 0 Å². The number of rotatable bonds is 5. The van der Waals surface area contributed by atoms with Crippen LogP contribution in [0, 0.1) is 0 Å². The lowest BCUT2D eigenvalue weighted by molar-refractivity contribution is 0.112. The molecule has 0 aliphatic heterocycles. The van der Waals surface area contributed by atoms with Crippen molar-refractivity contribution >= 4 is 33.6 Å². The number of thiophene rings is 1. The SMILES string of the molecule is COc1ccc(C=O)cc1OCc1sccc1Br. The van der Waals surface area contributed by atoms with Gasteiger partial charge in [0.05, 0.1) is 12.0 Å². The van der Waals surface area contributed by atoms with Crippen LogP contribution in [0.2, 0.25) is 0 Å². The molecule has 0 saturated heterocycles. The van der Waals surface area contributed by atoms with E-state index in [0.29, 0.717) is 23.7 Å². The predicted molar refractivity (Wildman–Crippen MR) is 74.7 cm³/mol. The normalized spacial score (nSPS) is 10.1. The Labute approximate surface area is 117 Å². The van der Waals surface area contributed by atoms with Crippen LogP contribution in [-0.4, -0.2) is 13.4 Å². The zero-order valence-electron chi connectivity index (χ0n) is 9.68. The van der Waals surface area contributed by atoms with Gasteiger partial charge in [-0.15, -0.1) is 11.3 Å². The lowest BCUT2D eigenvalue weighted by Gasteiger charge is -2.10. The fourth-order valence-corrected chi connectivity index (χ4v) is 2.83. The molecule has 0 N–H and O–H groups in total. The molecule has 0 aliphatic carbocycles. The Morgan fingerprint density at radius 1 is 1.33 bits per heavy atom. The lowest BCUT2D eigenvalue weighted by atomic mass is 10.2. The third-order valence-corrected chi connectivity index (χ3v) is 4.27. The number of methoxy groups -OCH3 is 1. The number of hydrogen-bond donors (Lipinski definition) is 0. The summed E-state index contributed by atoms with van der Waals surface area (Å²) in [6, 6.07) is 7.07. The fraction of sp³-hybridized carbons (Fsp3) is 0.154. The molecule has 0 fully saturated rings. The quantitative estimate of drug-likeness (QED) is 0.781. The Bertz CT molecular complexity index is 551. The van der Waals surface area contributed by atoms with E-state index in [4.69, 9.17) is 9.47 Å². The molecule has 1 heterocycles. The number of benzene rings is 1. The number of halogens is 1. The minimum Gasteiger partial charge on any atom is -0.493 e. The highest BCUT2D eigenvalue weighted by Crippen LogP contribution is 2.30. The maximum absolute atomic E-state index is 10.7. The third kappa shape index (κ3) is 2.91. The summed E-state index contributed by atoms with van der Waals surface area (Å²) in [5, 5.41) is 1.99. The van der Waals surface area contributed by atoms with Crippen molar-refractivity contribution in [2.45, 2.75) is 6.61 Å². The summed E-state index contributed by atoms with van der Waals surface area (Å²) in [4.78, 5) is 11.8. The molecule has 2 rings (SSSR count). The van der Waals surface area contributed by atoms with Crippen LogP contribution in [0.25, 0.3) is 0 Å². The van der Waals surface area contributed by atoms with E-state index in [1.165, 1.54) is 0 Å². The maximum Gasteiger partial charge on any atom is 0.162 e. The first-order valence-electron chi connectivity index (χ1n) is 5.22. The molecule has 18 heavy (non-hydrogen) atoms. The number of hydrogen-bond acceptors (Lipinski definition) is 4. The molecule has 0 radical (unpaired) electrons. The van der Waals surface area contributed by atoms with E-state index in [-0.39, 0.29) is 0 Å². The van der Waals surface area contributed by atoms with Crippen LogP contribution in [0.15, 0.2) is 34.1 Å². The molecule has 0 amide bonds. The zero-order valence-corrected chi connectivity index (χ0v) is 12.1. The summed E-state index contributed by atoms with van der Waals surface area (Å²) in [5.41, 5.74) is 0.566. The maximum atomic E-state index is 10.7. The van der Waals surface area contributed by atoms with Crippen molar-refractivity contribution in [1.82, 2.24) is 0 Å². The van der Waals surface area contributed by atoms with E-state index >= 15 is 0 Å². The second-order valence-corrected chi connectivity index (χ2v) is 5.36. The first-order chi connectivity index (χ1) is 8.74. The number of carbonyl (C=O) groups is 1. The zero-order chi connectivity index (χ0) is 13.0. The van der Waals surface area contributed by atoms with Gasteiger partial charge in [0.15, 0.2) is 11.5 Å². The standard InChI is InChI=1S/C13H11BrO3S/c1-16-11-3-2-9(7-15)6-12(11)17-8-13-10(14)4-5-18-13/h2-7H,8H2,1H3. The Kier molecular flexibility index (Phi) is 4.38.